The number of aromatic nitrogens is 1. The van der Waals surface area contributed by atoms with Crippen LogP contribution in [0.3, 0.4) is 0 Å². The smallest absolute Gasteiger partial charge is 0.222 e. The fourth-order valence-electron chi connectivity index (χ4n) is 0.818. The number of hydrogen-bond donors (Lipinski definition) is 2. The van der Waals surface area contributed by atoms with E-state index in [1.165, 1.54) is 6.92 Å². The van der Waals surface area contributed by atoms with Crippen molar-refractivity contribution >= 4 is 11.7 Å². The second-order valence-corrected chi connectivity index (χ2v) is 2.35. The van der Waals surface area contributed by atoms with Crippen molar-refractivity contribution in [2.24, 2.45) is 0 Å². The molecule has 0 unspecified atom stereocenters. The van der Waals surface area contributed by atoms with E-state index in [4.69, 9.17) is 5.11 Å². The number of anilines is 1. The van der Waals surface area contributed by atoms with Gasteiger partial charge in [-0.1, -0.05) is 6.07 Å². The van der Waals surface area contributed by atoms with Crippen LogP contribution < -0.4 is 5.32 Å². The van der Waals surface area contributed by atoms with Gasteiger partial charge in [-0.2, -0.15) is 0 Å². The lowest BCUT2D eigenvalue weighted by Gasteiger charge is -2.01. The zero-order valence-electron chi connectivity index (χ0n) is 6.74. The average Bonchev–Trinajstić information content (AvgIpc) is 2.03. The SMILES string of the molecule is CC(=O)Nc1cccc(CO)n1. The molecule has 0 atom stereocenters. The van der Waals surface area contributed by atoms with Crippen LogP contribution in [0.2, 0.25) is 0 Å². The molecule has 4 heteroatoms. The summed E-state index contributed by atoms with van der Waals surface area (Å²) < 4.78 is 0. The van der Waals surface area contributed by atoms with Gasteiger partial charge < -0.3 is 10.4 Å². The zero-order valence-corrected chi connectivity index (χ0v) is 6.74. The molecule has 12 heavy (non-hydrogen) atoms. The van der Waals surface area contributed by atoms with E-state index in [2.05, 4.69) is 10.3 Å². The van der Waals surface area contributed by atoms with Gasteiger partial charge in [-0.15, -0.1) is 0 Å². The Morgan fingerprint density at radius 3 is 3.00 bits per heavy atom. The van der Waals surface area contributed by atoms with E-state index in [0.717, 1.165) is 0 Å². The number of carbonyl (C=O) groups is 1. The fraction of sp³-hybridized carbons (Fsp3) is 0.250. The third-order valence-electron chi connectivity index (χ3n) is 1.27. The Labute approximate surface area is 70.3 Å². The van der Waals surface area contributed by atoms with Gasteiger partial charge in [0.2, 0.25) is 5.91 Å². The number of rotatable bonds is 2. The molecule has 0 bridgehead atoms. The van der Waals surface area contributed by atoms with E-state index in [1.807, 2.05) is 0 Å². The van der Waals surface area contributed by atoms with Crippen LogP contribution in [0.5, 0.6) is 0 Å². The summed E-state index contributed by atoms with van der Waals surface area (Å²) in [7, 11) is 0. The van der Waals surface area contributed by atoms with E-state index in [9.17, 15) is 4.79 Å². The van der Waals surface area contributed by atoms with Crippen molar-refractivity contribution in [2.45, 2.75) is 13.5 Å². The molecule has 0 spiro atoms. The van der Waals surface area contributed by atoms with E-state index in [-0.39, 0.29) is 12.5 Å². The first-order valence-electron chi connectivity index (χ1n) is 3.57. The van der Waals surface area contributed by atoms with Gasteiger partial charge in [0, 0.05) is 6.92 Å². The normalized spacial score (nSPS) is 9.50. The van der Waals surface area contributed by atoms with Crippen molar-refractivity contribution < 1.29 is 9.90 Å². The van der Waals surface area contributed by atoms with Crippen molar-refractivity contribution in [1.82, 2.24) is 4.98 Å². The summed E-state index contributed by atoms with van der Waals surface area (Å²) in [5, 5.41) is 11.2. The van der Waals surface area contributed by atoms with Gasteiger partial charge in [0.1, 0.15) is 5.82 Å². The molecule has 1 amide bonds. The molecule has 0 aliphatic carbocycles. The average molecular weight is 166 g/mol. The minimum atomic E-state index is -0.169. The van der Waals surface area contributed by atoms with Crippen LogP contribution in [0.25, 0.3) is 0 Å². The molecule has 1 rings (SSSR count). The second-order valence-electron chi connectivity index (χ2n) is 2.35. The lowest BCUT2D eigenvalue weighted by atomic mass is 10.3. The van der Waals surface area contributed by atoms with Crippen LogP contribution in [0.15, 0.2) is 18.2 Å². The Balaban J connectivity index is 2.79. The number of nitrogens with one attached hydrogen (secondary N) is 1. The number of nitrogens with zero attached hydrogens (tertiary/aromatic N) is 1. The Kier molecular flexibility index (Phi) is 2.76. The second kappa shape index (κ2) is 3.82. The molecule has 1 aromatic heterocycles. The molecule has 0 saturated carbocycles. The highest BCUT2D eigenvalue weighted by atomic mass is 16.3. The zero-order chi connectivity index (χ0) is 8.97. The number of aliphatic hydroxyl groups excluding tert-OH is 1. The third kappa shape index (κ3) is 2.32. The molecule has 2 N–H and O–H groups in total. The summed E-state index contributed by atoms with van der Waals surface area (Å²) in [5.74, 6) is 0.298. The minimum absolute atomic E-state index is 0.118. The molecule has 0 fully saturated rings. The first kappa shape index (κ1) is 8.67. The largest absolute Gasteiger partial charge is 0.390 e. The lowest BCUT2D eigenvalue weighted by molar-refractivity contribution is -0.114. The summed E-state index contributed by atoms with van der Waals surface area (Å²) in [6.45, 7) is 1.29. The van der Waals surface area contributed by atoms with Crippen molar-refractivity contribution in [2.75, 3.05) is 5.32 Å². The van der Waals surface area contributed by atoms with Gasteiger partial charge in [-0.25, -0.2) is 4.98 Å². The van der Waals surface area contributed by atoms with E-state index in [1.54, 1.807) is 18.2 Å². The summed E-state index contributed by atoms with van der Waals surface area (Å²) in [6.07, 6.45) is 0. The number of carbonyl (C=O) groups excluding carboxylic acids is 1. The molecular weight excluding hydrogens is 156 g/mol. The Bertz CT molecular complexity index is 286. The van der Waals surface area contributed by atoms with Crippen molar-refractivity contribution in [3.05, 3.63) is 23.9 Å². The predicted molar refractivity (Wildman–Crippen MR) is 44.5 cm³/mol. The summed E-state index contributed by atoms with van der Waals surface area (Å²) in [4.78, 5) is 14.5. The van der Waals surface area contributed by atoms with Crippen molar-refractivity contribution in [3.8, 4) is 0 Å². The fourth-order valence-corrected chi connectivity index (χ4v) is 0.818. The molecule has 4 nitrogen and oxygen atoms in total. The molecule has 0 saturated heterocycles. The van der Waals surface area contributed by atoms with Gasteiger partial charge in [-0.05, 0) is 12.1 Å². The lowest BCUT2D eigenvalue weighted by Crippen LogP contribution is -2.08. The summed E-state index contributed by atoms with van der Waals surface area (Å²) >= 11 is 0. The van der Waals surface area contributed by atoms with Crippen molar-refractivity contribution in [3.63, 3.8) is 0 Å². The minimum Gasteiger partial charge on any atom is -0.390 e. The predicted octanol–water partition coefficient (Wildman–Crippen LogP) is 0.532. The summed E-state index contributed by atoms with van der Waals surface area (Å²) in [5.41, 5.74) is 0.543. The van der Waals surface area contributed by atoms with Crippen LogP contribution in [-0.4, -0.2) is 16.0 Å². The van der Waals surface area contributed by atoms with Crippen molar-refractivity contribution in [1.29, 1.82) is 0 Å². The molecule has 1 heterocycles. The molecule has 0 aliphatic heterocycles. The molecular formula is C8H10N2O2. The van der Waals surface area contributed by atoms with Crippen LogP contribution in [0, 0.1) is 0 Å². The number of pyridine rings is 1. The molecule has 64 valence electrons. The van der Waals surface area contributed by atoms with Gasteiger partial charge >= 0.3 is 0 Å². The highest BCUT2D eigenvalue weighted by Gasteiger charge is 1.97. The Morgan fingerprint density at radius 2 is 2.42 bits per heavy atom. The quantitative estimate of drug-likeness (QED) is 0.673. The maximum Gasteiger partial charge on any atom is 0.222 e. The van der Waals surface area contributed by atoms with Gasteiger partial charge in [0.15, 0.2) is 0 Å². The summed E-state index contributed by atoms with van der Waals surface area (Å²) in [6, 6.07) is 5.08. The van der Waals surface area contributed by atoms with E-state index in [0.29, 0.717) is 11.5 Å². The molecule has 1 aromatic rings. The van der Waals surface area contributed by atoms with Gasteiger partial charge in [0.05, 0.1) is 12.3 Å². The Morgan fingerprint density at radius 1 is 1.67 bits per heavy atom. The first-order chi connectivity index (χ1) is 5.72. The Hall–Kier alpha value is -1.42. The molecule has 0 radical (unpaired) electrons. The third-order valence-corrected chi connectivity index (χ3v) is 1.27. The van der Waals surface area contributed by atoms with E-state index >= 15 is 0 Å². The molecule has 0 aliphatic rings. The maximum absolute atomic E-state index is 10.6. The maximum atomic E-state index is 10.6. The van der Waals surface area contributed by atoms with Crippen LogP contribution in [0.1, 0.15) is 12.6 Å². The van der Waals surface area contributed by atoms with Crippen LogP contribution in [0.4, 0.5) is 5.82 Å². The standard InChI is InChI=1S/C8H10N2O2/c1-6(12)9-8-4-2-3-7(5-11)10-8/h2-4,11H,5H2,1H3,(H,9,10,12). The molecule has 0 aromatic carbocycles. The van der Waals surface area contributed by atoms with Crippen LogP contribution >= 0.6 is 0 Å². The van der Waals surface area contributed by atoms with Crippen LogP contribution in [-0.2, 0) is 11.4 Å². The monoisotopic (exact) mass is 166 g/mol. The van der Waals surface area contributed by atoms with Gasteiger partial charge in [-0.3, -0.25) is 4.79 Å². The number of hydrogen-bond acceptors (Lipinski definition) is 3. The number of amides is 1. The van der Waals surface area contributed by atoms with E-state index < -0.39 is 0 Å². The highest BCUT2D eigenvalue weighted by Crippen LogP contribution is 2.03. The number of aliphatic hydroxyl groups is 1. The highest BCUT2D eigenvalue weighted by molar-refractivity contribution is 5.87. The first-order valence-corrected chi connectivity index (χ1v) is 3.57. The topological polar surface area (TPSA) is 62.2 Å². The van der Waals surface area contributed by atoms with Gasteiger partial charge in [0.25, 0.3) is 0 Å².